The van der Waals surface area contributed by atoms with Crippen LogP contribution in [0.5, 0.6) is 0 Å². The maximum Gasteiger partial charge on any atom is 0.00940 e. The fourth-order valence-corrected chi connectivity index (χ4v) is 1.58. The van der Waals surface area contributed by atoms with Crippen LogP contribution >= 0.6 is 0 Å². The average Bonchev–Trinajstić information content (AvgIpc) is 1.83. The fraction of sp³-hybridized carbons (Fsp3) is 1.00. The van der Waals surface area contributed by atoms with Crippen LogP contribution in [0.3, 0.4) is 0 Å². The first-order valence-corrected chi connectivity index (χ1v) is 5.03. The van der Waals surface area contributed by atoms with E-state index in [1.54, 1.807) is 0 Å². The van der Waals surface area contributed by atoms with E-state index in [4.69, 9.17) is 0 Å². The highest BCUT2D eigenvalue weighted by atomic mass is 15.1. The molecule has 0 saturated heterocycles. The highest BCUT2D eigenvalue weighted by Crippen LogP contribution is 2.24. The second-order valence-electron chi connectivity index (χ2n) is 5.17. The van der Waals surface area contributed by atoms with Crippen LogP contribution in [-0.2, 0) is 0 Å². The molecule has 0 fully saturated rings. The van der Waals surface area contributed by atoms with Crippen LogP contribution in [0.4, 0.5) is 0 Å². The quantitative estimate of drug-likeness (QED) is 0.628. The molecule has 0 aromatic rings. The van der Waals surface area contributed by atoms with Crippen molar-refractivity contribution in [3.05, 3.63) is 0 Å². The normalized spacial score (nSPS) is 15.2. The molecule has 1 heteroatoms. The van der Waals surface area contributed by atoms with Crippen LogP contribution in [0.15, 0.2) is 0 Å². The summed E-state index contributed by atoms with van der Waals surface area (Å²) in [6.07, 6.45) is 3.91. The molecule has 0 unspecified atom stereocenters. The Labute approximate surface area is 78.1 Å². The zero-order valence-electron chi connectivity index (χ0n) is 9.65. The highest BCUT2D eigenvalue weighted by molar-refractivity contribution is 4.73. The number of hydrogen-bond acceptors (Lipinski definition) is 1. The molecule has 0 amide bonds. The SMILES string of the molecule is CCC[C@@H](CC(C)(C)C)N(C)C. The summed E-state index contributed by atoms with van der Waals surface area (Å²) < 4.78 is 0. The summed E-state index contributed by atoms with van der Waals surface area (Å²) in [7, 11) is 4.37. The van der Waals surface area contributed by atoms with E-state index in [-0.39, 0.29) is 0 Å². The van der Waals surface area contributed by atoms with Gasteiger partial charge in [0.15, 0.2) is 0 Å². The van der Waals surface area contributed by atoms with Gasteiger partial charge in [0.05, 0.1) is 0 Å². The van der Waals surface area contributed by atoms with E-state index in [1.807, 2.05) is 0 Å². The lowest BCUT2D eigenvalue weighted by atomic mass is 9.86. The van der Waals surface area contributed by atoms with Crippen molar-refractivity contribution in [1.82, 2.24) is 4.90 Å². The monoisotopic (exact) mass is 171 g/mol. The average molecular weight is 171 g/mol. The largest absolute Gasteiger partial charge is 0.306 e. The number of rotatable bonds is 4. The third kappa shape index (κ3) is 5.59. The predicted octanol–water partition coefficient (Wildman–Crippen LogP) is 3.15. The zero-order chi connectivity index (χ0) is 9.78. The van der Waals surface area contributed by atoms with Crippen LogP contribution in [0, 0.1) is 5.41 Å². The zero-order valence-corrected chi connectivity index (χ0v) is 9.65. The summed E-state index contributed by atoms with van der Waals surface area (Å²) in [6.45, 7) is 9.22. The van der Waals surface area contributed by atoms with Gasteiger partial charge in [0.2, 0.25) is 0 Å². The molecule has 0 rings (SSSR count). The van der Waals surface area contributed by atoms with Gasteiger partial charge in [-0.1, -0.05) is 34.1 Å². The first-order chi connectivity index (χ1) is 5.37. The molecule has 0 spiro atoms. The van der Waals surface area contributed by atoms with Crippen molar-refractivity contribution in [2.24, 2.45) is 5.41 Å². The van der Waals surface area contributed by atoms with Crippen molar-refractivity contribution in [3.63, 3.8) is 0 Å². The van der Waals surface area contributed by atoms with Gasteiger partial charge in [-0.15, -0.1) is 0 Å². The Hall–Kier alpha value is -0.0400. The highest BCUT2D eigenvalue weighted by Gasteiger charge is 2.19. The summed E-state index contributed by atoms with van der Waals surface area (Å²) in [6, 6.07) is 0.759. The molecule has 0 aromatic carbocycles. The Morgan fingerprint density at radius 1 is 1.17 bits per heavy atom. The second-order valence-corrected chi connectivity index (χ2v) is 5.17. The Morgan fingerprint density at radius 2 is 1.67 bits per heavy atom. The predicted molar refractivity (Wildman–Crippen MR) is 56.5 cm³/mol. The van der Waals surface area contributed by atoms with Crippen molar-refractivity contribution >= 4 is 0 Å². The van der Waals surface area contributed by atoms with E-state index < -0.39 is 0 Å². The molecule has 0 heterocycles. The lowest BCUT2D eigenvalue weighted by Crippen LogP contribution is -2.31. The molecule has 0 aliphatic rings. The summed E-state index contributed by atoms with van der Waals surface area (Å²) in [5.74, 6) is 0. The number of nitrogens with zero attached hydrogens (tertiary/aromatic N) is 1. The minimum absolute atomic E-state index is 0.462. The topological polar surface area (TPSA) is 3.24 Å². The molecule has 1 nitrogen and oxygen atoms in total. The van der Waals surface area contributed by atoms with Gasteiger partial charge < -0.3 is 4.90 Å². The van der Waals surface area contributed by atoms with E-state index in [1.165, 1.54) is 19.3 Å². The molecular weight excluding hydrogens is 146 g/mol. The maximum absolute atomic E-state index is 2.36. The molecule has 0 aliphatic carbocycles. The standard InChI is InChI=1S/C11H25N/c1-7-8-10(12(5)6)9-11(2,3)4/h10H,7-9H2,1-6H3/t10-/m0/s1. The van der Waals surface area contributed by atoms with Gasteiger partial charge in [-0.2, -0.15) is 0 Å². The van der Waals surface area contributed by atoms with Crippen LogP contribution in [0.25, 0.3) is 0 Å². The minimum atomic E-state index is 0.462. The molecule has 0 N–H and O–H groups in total. The molecule has 0 radical (unpaired) electrons. The molecule has 74 valence electrons. The summed E-state index contributed by atoms with van der Waals surface area (Å²) in [5, 5.41) is 0. The Balaban J connectivity index is 3.95. The third-order valence-corrected chi connectivity index (χ3v) is 2.20. The van der Waals surface area contributed by atoms with Gasteiger partial charge in [0, 0.05) is 6.04 Å². The molecule has 0 saturated carbocycles. The van der Waals surface area contributed by atoms with Gasteiger partial charge in [-0.3, -0.25) is 0 Å². The molecule has 0 aromatic heterocycles. The Kier molecular flexibility index (Phi) is 4.84. The van der Waals surface area contributed by atoms with Crippen molar-refractivity contribution in [2.75, 3.05) is 14.1 Å². The summed E-state index contributed by atoms with van der Waals surface area (Å²) >= 11 is 0. The van der Waals surface area contributed by atoms with Gasteiger partial charge >= 0.3 is 0 Å². The van der Waals surface area contributed by atoms with Crippen LogP contribution < -0.4 is 0 Å². The second kappa shape index (κ2) is 4.86. The van der Waals surface area contributed by atoms with Gasteiger partial charge in [0.25, 0.3) is 0 Å². The van der Waals surface area contributed by atoms with Crippen molar-refractivity contribution in [2.45, 2.75) is 53.0 Å². The van der Waals surface area contributed by atoms with Crippen molar-refractivity contribution in [1.29, 1.82) is 0 Å². The lowest BCUT2D eigenvalue weighted by Gasteiger charge is -2.30. The van der Waals surface area contributed by atoms with E-state index in [9.17, 15) is 0 Å². The van der Waals surface area contributed by atoms with E-state index in [0.717, 1.165) is 6.04 Å². The molecule has 0 aliphatic heterocycles. The molecule has 1 atom stereocenters. The van der Waals surface area contributed by atoms with Crippen molar-refractivity contribution < 1.29 is 0 Å². The molecule has 0 bridgehead atoms. The van der Waals surface area contributed by atoms with Crippen molar-refractivity contribution in [3.8, 4) is 0 Å². The van der Waals surface area contributed by atoms with Crippen LogP contribution in [0.2, 0.25) is 0 Å². The number of hydrogen-bond donors (Lipinski definition) is 0. The van der Waals surface area contributed by atoms with Gasteiger partial charge in [0.1, 0.15) is 0 Å². The van der Waals surface area contributed by atoms with E-state index in [2.05, 4.69) is 46.7 Å². The fourth-order valence-electron chi connectivity index (χ4n) is 1.58. The van der Waals surface area contributed by atoms with Crippen LogP contribution in [-0.4, -0.2) is 25.0 Å². The van der Waals surface area contributed by atoms with Gasteiger partial charge in [-0.05, 0) is 32.4 Å². The lowest BCUT2D eigenvalue weighted by molar-refractivity contribution is 0.198. The first-order valence-electron chi connectivity index (χ1n) is 5.03. The van der Waals surface area contributed by atoms with E-state index >= 15 is 0 Å². The van der Waals surface area contributed by atoms with E-state index in [0.29, 0.717) is 5.41 Å². The summed E-state index contributed by atoms with van der Waals surface area (Å²) in [5.41, 5.74) is 0.462. The Bertz CT molecular complexity index is 111. The van der Waals surface area contributed by atoms with Gasteiger partial charge in [-0.25, -0.2) is 0 Å². The van der Waals surface area contributed by atoms with Crippen LogP contribution in [0.1, 0.15) is 47.0 Å². The third-order valence-electron chi connectivity index (χ3n) is 2.20. The minimum Gasteiger partial charge on any atom is -0.306 e. The summed E-state index contributed by atoms with van der Waals surface area (Å²) in [4.78, 5) is 2.36. The molecular formula is C11H25N. The maximum atomic E-state index is 2.36. The molecule has 12 heavy (non-hydrogen) atoms. The first kappa shape index (κ1) is 12.0. The smallest absolute Gasteiger partial charge is 0.00940 e. The Morgan fingerprint density at radius 3 is 1.92 bits per heavy atom.